The van der Waals surface area contributed by atoms with Gasteiger partial charge in [0.05, 0.1) is 0 Å². The molecule has 0 bridgehead atoms. The number of likely N-dealkylation sites (tertiary alicyclic amines) is 1. The minimum atomic E-state index is 0.243. The lowest BCUT2D eigenvalue weighted by Gasteiger charge is -2.15. The predicted molar refractivity (Wildman–Crippen MR) is 46.9 cm³/mol. The number of carbonyl (C=O) groups excluding carboxylic acids is 1. The summed E-state index contributed by atoms with van der Waals surface area (Å²) in [6.07, 6.45) is 1.97. The van der Waals surface area contributed by atoms with Crippen molar-refractivity contribution in [2.45, 2.75) is 19.8 Å². The normalized spacial score (nSPS) is 23.7. The van der Waals surface area contributed by atoms with Crippen LogP contribution in [-0.2, 0) is 9.53 Å². The Morgan fingerprint density at radius 1 is 1.67 bits per heavy atom. The Balaban J connectivity index is 2.20. The van der Waals surface area contributed by atoms with Crippen molar-refractivity contribution in [1.29, 1.82) is 0 Å². The first-order valence-electron chi connectivity index (χ1n) is 4.53. The number of amides is 1. The van der Waals surface area contributed by atoms with Crippen LogP contribution >= 0.6 is 0 Å². The smallest absolute Gasteiger partial charge is 0.225 e. The second-order valence-corrected chi connectivity index (χ2v) is 3.36. The Morgan fingerprint density at radius 2 is 2.42 bits per heavy atom. The van der Waals surface area contributed by atoms with Crippen molar-refractivity contribution in [1.82, 2.24) is 4.90 Å². The van der Waals surface area contributed by atoms with Gasteiger partial charge in [-0.2, -0.15) is 0 Å². The van der Waals surface area contributed by atoms with Crippen molar-refractivity contribution >= 4 is 5.91 Å². The number of carbonyl (C=O) groups is 1. The summed E-state index contributed by atoms with van der Waals surface area (Å²) in [5, 5.41) is 0. The minimum Gasteiger partial charge on any atom is -0.385 e. The third-order valence-electron chi connectivity index (χ3n) is 2.34. The van der Waals surface area contributed by atoms with Crippen molar-refractivity contribution in [3.8, 4) is 0 Å². The standard InChI is InChI=1S/C9H17NO2/c1-8-4-6-10(9(8)11)5-3-7-12-2/h8H,3-7H2,1-2H3. The SMILES string of the molecule is COCCCN1CCC(C)C1=O. The highest BCUT2D eigenvalue weighted by Gasteiger charge is 2.26. The van der Waals surface area contributed by atoms with Crippen LogP contribution in [0.4, 0.5) is 0 Å². The lowest BCUT2D eigenvalue weighted by molar-refractivity contribution is -0.130. The molecule has 1 aliphatic rings. The Hall–Kier alpha value is -0.570. The van der Waals surface area contributed by atoms with Gasteiger partial charge in [0, 0.05) is 32.7 Å². The molecule has 1 amide bonds. The lowest BCUT2D eigenvalue weighted by atomic mass is 10.1. The fraction of sp³-hybridized carbons (Fsp3) is 0.889. The van der Waals surface area contributed by atoms with E-state index in [-0.39, 0.29) is 5.92 Å². The maximum atomic E-state index is 11.4. The van der Waals surface area contributed by atoms with Gasteiger partial charge in [0.1, 0.15) is 0 Å². The number of methoxy groups -OCH3 is 1. The van der Waals surface area contributed by atoms with Crippen LogP contribution in [0, 0.1) is 5.92 Å². The molecule has 1 saturated heterocycles. The van der Waals surface area contributed by atoms with Gasteiger partial charge in [-0.05, 0) is 12.8 Å². The Bertz CT molecular complexity index is 159. The molecule has 3 heteroatoms. The minimum absolute atomic E-state index is 0.243. The largest absolute Gasteiger partial charge is 0.385 e. The average Bonchev–Trinajstić information content (AvgIpc) is 2.36. The molecule has 12 heavy (non-hydrogen) atoms. The third-order valence-corrected chi connectivity index (χ3v) is 2.34. The highest BCUT2D eigenvalue weighted by atomic mass is 16.5. The lowest BCUT2D eigenvalue weighted by Crippen LogP contribution is -2.28. The van der Waals surface area contributed by atoms with E-state index in [9.17, 15) is 4.79 Å². The summed E-state index contributed by atoms with van der Waals surface area (Å²) in [5.41, 5.74) is 0. The predicted octanol–water partition coefficient (Wildman–Crippen LogP) is 0.891. The first-order chi connectivity index (χ1) is 5.75. The van der Waals surface area contributed by atoms with Crippen molar-refractivity contribution in [2.24, 2.45) is 5.92 Å². The molecule has 70 valence electrons. The molecular formula is C9H17NO2. The van der Waals surface area contributed by atoms with Crippen LogP contribution in [0.2, 0.25) is 0 Å². The first kappa shape index (κ1) is 9.52. The summed E-state index contributed by atoms with van der Waals surface area (Å²) in [5.74, 6) is 0.554. The van der Waals surface area contributed by atoms with E-state index in [1.165, 1.54) is 0 Å². The van der Waals surface area contributed by atoms with Crippen LogP contribution in [0.3, 0.4) is 0 Å². The molecule has 0 N–H and O–H groups in total. The molecular weight excluding hydrogens is 154 g/mol. The van der Waals surface area contributed by atoms with Crippen LogP contribution in [0.1, 0.15) is 19.8 Å². The van der Waals surface area contributed by atoms with E-state index in [1.54, 1.807) is 7.11 Å². The molecule has 1 unspecified atom stereocenters. The van der Waals surface area contributed by atoms with E-state index in [2.05, 4.69) is 0 Å². The van der Waals surface area contributed by atoms with E-state index in [0.29, 0.717) is 5.91 Å². The van der Waals surface area contributed by atoms with Crippen molar-refractivity contribution < 1.29 is 9.53 Å². The molecule has 0 radical (unpaired) electrons. The Labute approximate surface area is 73.7 Å². The average molecular weight is 171 g/mol. The molecule has 0 spiro atoms. The second kappa shape index (κ2) is 4.45. The summed E-state index contributed by atoms with van der Waals surface area (Å²) >= 11 is 0. The summed E-state index contributed by atoms with van der Waals surface area (Å²) in [6.45, 7) is 4.54. The first-order valence-corrected chi connectivity index (χ1v) is 4.53. The van der Waals surface area contributed by atoms with E-state index in [4.69, 9.17) is 4.74 Å². The van der Waals surface area contributed by atoms with Gasteiger partial charge in [-0.1, -0.05) is 6.92 Å². The van der Waals surface area contributed by atoms with Gasteiger partial charge in [0.25, 0.3) is 0 Å². The maximum absolute atomic E-state index is 11.4. The highest BCUT2D eigenvalue weighted by Crippen LogP contribution is 2.16. The molecule has 1 fully saturated rings. The number of hydrogen-bond donors (Lipinski definition) is 0. The van der Waals surface area contributed by atoms with E-state index < -0.39 is 0 Å². The summed E-state index contributed by atoms with van der Waals surface area (Å²) in [4.78, 5) is 13.3. The van der Waals surface area contributed by atoms with Crippen LogP contribution in [0.15, 0.2) is 0 Å². The zero-order chi connectivity index (χ0) is 8.97. The molecule has 1 heterocycles. The van der Waals surface area contributed by atoms with Crippen LogP contribution in [0.5, 0.6) is 0 Å². The highest BCUT2D eigenvalue weighted by molar-refractivity contribution is 5.80. The van der Waals surface area contributed by atoms with E-state index in [1.807, 2.05) is 11.8 Å². The van der Waals surface area contributed by atoms with Gasteiger partial charge >= 0.3 is 0 Å². The van der Waals surface area contributed by atoms with Gasteiger partial charge in [0.2, 0.25) is 5.91 Å². The van der Waals surface area contributed by atoms with Gasteiger partial charge in [0.15, 0.2) is 0 Å². The quantitative estimate of drug-likeness (QED) is 0.588. The van der Waals surface area contributed by atoms with Crippen LogP contribution in [-0.4, -0.2) is 37.6 Å². The molecule has 0 aromatic rings. The second-order valence-electron chi connectivity index (χ2n) is 3.36. The van der Waals surface area contributed by atoms with Gasteiger partial charge < -0.3 is 9.64 Å². The van der Waals surface area contributed by atoms with Crippen molar-refractivity contribution in [3.05, 3.63) is 0 Å². The number of ether oxygens (including phenoxy) is 1. The van der Waals surface area contributed by atoms with Gasteiger partial charge in [-0.25, -0.2) is 0 Å². The molecule has 1 atom stereocenters. The van der Waals surface area contributed by atoms with Crippen LogP contribution in [0.25, 0.3) is 0 Å². The maximum Gasteiger partial charge on any atom is 0.225 e. The third kappa shape index (κ3) is 2.21. The molecule has 1 aliphatic heterocycles. The van der Waals surface area contributed by atoms with Gasteiger partial charge in [-0.15, -0.1) is 0 Å². The zero-order valence-corrected chi connectivity index (χ0v) is 7.88. The van der Waals surface area contributed by atoms with Crippen molar-refractivity contribution in [3.63, 3.8) is 0 Å². The molecule has 1 rings (SSSR count). The molecule has 0 saturated carbocycles. The summed E-state index contributed by atoms with van der Waals surface area (Å²) in [7, 11) is 1.69. The molecule has 0 aromatic heterocycles. The number of hydrogen-bond acceptors (Lipinski definition) is 2. The monoisotopic (exact) mass is 171 g/mol. The molecule has 3 nitrogen and oxygen atoms in total. The fourth-order valence-electron chi connectivity index (χ4n) is 1.52. The summed E-state index contributed by atoms with van der Waals surface area (Å²) < 4.78 is 4.93. The molecule has 0 aromatic carbocycles. The van der Waals surface area contributed by atoms with E-state index in [0.717, 1.165) is 32.5 Å². The number of rotatable bonds is 4. The Kier molecular flexibility index (Phi) is 3.53. The zero-order valence-electron chi connectivity index (χ0n) is 7.88. The van der Waals surface area contributed by atoms with Gasteiger partial charge in [-0.3, -0.25) is 4.79 Å². The summed E-state index contributed by atoms with van der Waals surface area (Å²) in [6, 6.07) is 0. The number of nitrogens with zero attached hydrogens (tertiary/aromatic N) is 1. The van der Waals surface area contributed by atoms with E-state index >= 15 is 0 Å². The molecule has 0 aliphatic carbocycles. The fourth-order valence-corrected chi connectivity index (χ4v) is 1.52. The van der Waals surface area contributed by atoms with Crippen molar-refractivity contribution in [2.75, 3.05) is 26.8 Å². The van der Waals surface area contributed by atoms with Crippen LogP contribution < -0.4 is 0 Å². The Morgan fingerprint density at radius 3 is 2.92 bits per heavy atom. The topological polar surface area (TPSA) is 29.5 Å².